The molecule has 0 fully saturated rings. The lowest BCUT2D eigenvalue weighted by molar-refractivity contribution is 0.356. The fraction of sp³-hybridized carbons (Fsp3) is 0.188. The normalized spacial score (nSPS) is 11.5. The molecule has 8 nitrogen and oxygen atoms in total. The number of anilines is 1. The molecule has 0 amide bonds. The average molecular weight is 362 g/mol. The molecule has 132 valence electrons. The number of hydrogen-bond donors (Lipinski definition) is 3. The van der Waals surface area contributed by atoms with E-state index in [4.69, 9.17) is 14.6 Å². The number of aromatic amines is 1. The van der Waals surface area contributed by atoms with E-state index in [-0.39, 0.29) is 4.90 Å². The lowest BCUT2D eigenvalue weighted by Gasteiger charge is -2.06. The molecule has 0 spiro atoms. The molecule has 0 unspecified atom stereocenters. The van der Waals surface area contributed by atoms with E-state index >= 15 is 0 Å². The van der Waals surface area contributed by atoms with Crippen LogP contribution >= 0.6 is 0 Å². The largest absolute Gasteiger partial charge is 0.493 e. The van der Waals surface area contributed by atoms with Gasteiger partial charge in [0.25, 0.3) is 0 Å². The van der Waals surface area contributed by atoms with Gasteiger partial charge in [0.15, 0.2) is 11.5 Å². The van der Waals surface area contributed by atoms with E-state index in [9.17, 15) is 8.42 Å². The number of benzene rings is 2. The van der Waals surface area contributed by atoms with Crippen molar-refractivity contribution in [2.45, 2.75) is 11.4 Å². The highest BCUT2D eigenvalue weighted by molar-refractivity contribution is 7.89. The summed E-state index contributed by atoms with van der Waals surface area (Å²) in [4.78, 5) is 7.69. The molecule has 0 radical (unpaired) electrons. The van der Waals surface area contributed by atoms with Gasteiger partial charge >= 0.3 is 0 Å². The third kappa shape index (κ3) is 3.67. The van der Waals surface area contributed by atoms with E-state index in [1.165, 1.54) is 12.1 Å². The zero-order valence-corrected chi connectivity index (χ0v) is 14.6. The second kappa shape index (κ2) is 6.61. The number of imidazole rings is 1. The minimum Gasteiger partial charge on any atom is -0.493 e. The number of rotatable bonds is 6. The summed E-state index contributed by atoms with van der Waals surface area (Å²) in [6, 6.07) is 9.94. The highest BCUT2D eigenvalue weighted by Gasteiger charge is 2.10. The molecule has 0 saturated carbocycles. The van der Waals surface area contributed by atoms with Gasteiger partial charge in [-0.15, -0.1) is 0 Å². The van der Waals surface area contributed by atoms with Crippen molar-refractivity contribution in [3.05, 3.63) is 42.0 Å². The van der Waals surface area contributed by atoms with Gasteiger partial charge in [0.1, 0.15) is 0 Å². The van der Waals surface area contributed by atoms with Crippen molar-refractivity contribution in [1.29, 1.82) is 0 Å². The summed E-state index contributed by atoms with van der Waals surface area (Å²) in [6.45, 7) is 0.471. The quantitative estimate of drug-likeness (QED) is 0.615. The first-order chi connectivity index (χ1) is 11.9. The van der Waals surface area contributed by atoms with Crippen LogP contribution in [0.3, 0.4) is 0 Å². The van der Waals surface area contributed by atoms with Gasteiger partial charge in [0.2, 0.25) is 16.0 Å². The number of nitrogens with two attached hydrogens (primary N) is 1. The van der Waals surface area contributed by atoms with Crippen molar-refractivity contribution < 1.29 is 17.9 Å². The lowest BCUT2D eigenvalue weighted by Crippen LogP contribution is -2.12. The molecule has 3 rings (SSSR count). The highest BCUT2D eigenvalue weighted by Crippen LogP contribution is 2.31. The van der Waals surface area contributed by atoms with Gasteiger partial charge in [-0.25, -0.2) is 18.5 Å². The van der Waals surface area contributed by atoms with Crippen LogP contribution in [0.25, 0.3) is 11.0 Å². The van der Waals surface area contributed by atoms with Crippen LogP contribution in [0.4, 0.5) is 5.95 Å². The molecule has 1 aromatic heterocycles. The number of hydrogen-bond acceptors (Lipinski definition) is 6. The summed E-state index contributed by atoms with van der Waals surface area (Å²) in [7, 11) is -0.536. The van der Waals surface area contributed by atoms with Gasteiger partial charge in [-0.1, -0.05) is 12.1 Å². The second-order valence-electron chi connectivity index (χ2n) is 5.35. The summed E-state index contributed by atoms with van der Waals surface area (Å²) >= 11 is 0. The smallest absolute Gasteiger partial charge is 0.238 e. The third-order valence-corrected chi connectivity index (χ3v) is 4.63. The topological polar surface area (TPSA) is 119 Å². The minimum absolute atomic E-state index is 0.0826. The standard InChI is InChI=1S/C16H18N4O4S/c1-23-14-7-12-13(8-15(14)24-2)20-16(19-12)18-9-10-3-5-11(6-4-10)25(17,21)22/h3-8H,9H2,1-2H3,(H2,17,21,22)(H2,18,19,20). The SMILES string of the molecule is COc1cc2nc(NCc3ccc(S(N)(=O)=O)cc3)[nH]c2cc1OC. The van der Waals surface area contributed by atoms with E-state index in [1.807, 2.05) is 6.07 Å². The van der Waals surface area contributed by atoms with Gasteiger partial charge in [0.05, 0.1) is 30.1 Å². The third-order valence-electron chi connectivity index (χ3n) is 3.70. The second-order valence-corrected chi connectivity index (χ2v) is 6.91. The van der Waals surface area contributed by atoms with Gasteiger partial charge in [0, 0.05) is 18.7 Å². The van der Waals surface area contributed by atoms with E-state index in [0.717, 1.165) is 16.6 Å². The molecule has 9 heteroatoms. The number of ether oxygens (including phenoxy) is 2. The van der Waals surface area contributed by atoms with Crippen molar-refractivity contribution in [3.8, 4) is 11.5 Å². The molecule has 1 heterocycles. The number of methoxy groups -OCH3 is 2. The maximum Gasteiger partial charge on any atom is 0.238 e. The molecule has 0 aliphatic carbocycles. The first-order valence-electron chi connectivity index (χ1n) is 7.38. The van der Waals surface area contributed by atoms with Gasteiger partial charge in [-0.05, 0) is 17.7 Å². The predicted molar refractivity (Wildman–Crippen MR) is 94.3 cm³/mol. The Bertz CT molecular complexity index is 956. The maximum absolute atomic E-state index is 11.3. The molecule has 0 saturated heterocycles. The van der Waals surface area contributed by atoms with Crippen LogP contribution in [0, 0.1) is 0 Å². The number of sulfonamides is 1. The van der Waals surface area contributed by atoms with Crippen molar-refractivity contribution in [2.75, 3.05) is 19.5 Å². The van der Waals surface area contributed by atoms with Crippen molar-refractivity contribution in [1.82, 2.24) is 9.97 Å². The fourth-order valence-corrected chi connectivity index (χ4v) is 2.92. The summed E-state index contributed by atoms with van der Waals surface area (Å²) in [5.41, 5.74) is 2.44. The molecule has 0 atom stereocenters. The molecule has 3 aromatic rings. The molecule has 25 heavy (non-hydrogen) atoms. The monoisotopic (exact) mass is 362 g/mol. The highest BCUT2D eigenvalue weighted by atomic mass is 32.2. The van der Waals surface area contributed by atoms with E-state index in [2.05, 4.69) is 15.3 Å². The molecule has 0 aliphatic rings. The van der Waals surface area contributed by atoms with Crippen LogP contribution in [0.1, 0.15) is 5.56 Å². The Morgan fingerprint density at radius 1 is 1.12 bits per heavy atom. The molecular formula is C16H18N4O4S. The molecule has 0 bridgehead atoms. The Hall–Kier alpha value is -2.78. The van der Waals surface area contributed by atoms with E-state index in [1.54, 1.807) is 32.4 Å². The molecular weight excluding hydrogens is 344 g/mol. The maximum atomic E-state index is 11.3. The van der Waals surface area contributed by atoms with Crippen molar-refractivity contribution >= 4 is 27.0 Å². The average Bonchev–Trinajstić information content (AvgIpc) is 3.00. The van der Waals surface area contributed by atoms with Gasteiger partial charge < -0.3 is 19.8 Å². The van der Waals surface area contributed by atoms with Crippen LogP contribution in [0.15, 0.2) is 41.3 Å². The van der Waals surface area contributed by atoms with Crippen LogP contribution < -0.4 is 19.9 Å². The zero-order chi connectivity index (χ0) is 18.0. The first-order valence-corrected chi connectivity index (χ1v) is 8.92. The predicted octanol–water partition coefficient (Wildman–Crippen LogP) is 1.84. The van der Waals surface area contributed by atoms with Crippen molar-refractivity contribution in [2.24, 2.45) is 5.14 Å². The van der Waals surface area contributed by atoms with Gasteiger partial charge in [-0.2, -0.15) is 0 Å². The summed E-state index contributed by atoms with van der Waals surface area (Å²) in [5, 5.41) is 8.24. The summed E-state index contributed by atoms with van der Waals surface area (Å²) in [5.74, 6) is 1.80. The Kier molecular flexibility index (Phi) is 4.51. The van der Waals surface area contributed by atoms with Gasteiger partial charge in [-0.3, -0.25) is 0 Å². The van der Waals surface area contributed by atoms with Crippen LogP contribution in [-0.4, -0.2) is 32.6 Å². The Balaban J connectivity index is 1.77. The fourth-order valence-electron chi connectivity index (χ4n) is 2.40. The van der Waals surface area contributed by atoms with Crippen LogP contribution in [0.2, 0.25) is 0 Å². The Morgan fingerprint density at radius 2 is 1.76 bits per heavy atom. The molecule has 4 N–H and O–H groups in total. The van der Waals surface area contributed by atoms with Crippen molar-refractivity contribution in [3.63, 3.8) is 0 Å². The first kappa shape index (κ1) is 17.1. The van der Waals surface area contributed by atoms with E-state index in [0.29, 0.717) is 24.0 Å². The zero-order valence-electron chi connectivity index (χ0n) is 13.7. The summed E-state index contributed by atoms with van der Waals surface area (Å²) in [6.07, 6.45) is 0. The Labute approximate surface area is 145 Å². The number of nitrogens with one attached hydrogen (secondary N) is 2. The number of H-pyrrole nitrogens is 1. The minimum atomic E-state index is -3.68. The van der Waals surface area contributed by atoms with E-state index < -0.39 is 10.0 Å². The molecule has 2 aromatic carbocycles. The van der Waals surface area contributed by atoms with Crippen LogP contribution in [0.5, 0.6) is 11.5 Å². The lowest BCUT2D eigenvalue weighted by atomic mass is 10.2. The van der Waals surface area contributed by atoms with Crippen LogP contribution in [-0.2, 0) is 16.6 Å². The molecule has 0 aliphatic heterocycles. The Morgan fingerprint density at radius 3 is 2.36 bits per heavy atom. The summed E-state index contributed by atoms with van der Waals surface area (Å²) < 4.78 is 33.0. The number of aromatic nitrogens is 2. The number of fused-ring (bicyclic) bond motifs is 1. The number of primary sulfonamides is 1. The number of nitrogens with zero attached hydrogens (tertiary/aromatic N) is 1.